The lowest BCUT2D eigenvalue weighted by molar-refractivity contribution is 0.0748. The second-order valence-electron chi connectivity index (χ2n) is 6.20. The quantitative estimate of drug-likeness (QED) is 0.919. The first-order valence-corrected chi connectivity index (χ1v) is 7.66. The van der Waals surface area contributed by atoms with Gasteiger partial charge in [0.25, 0.3) is 5.91 Å². The zero-order valence-electron chi connectivity index (χ0n) is 12.9. The molecule has 1 unspecified atom stereocenters. The number of hydrogen-bond acceptors (Lipinski definition) is 2. The first-order chi connectivity index (χ1) is 9.58. The maximum absolute atomic E-state index is 12.7. The Labute approximate surface area is 122 Å². The zero-order chi connectivity index (χ0) is 14.5. The first-order valence-electron chi connectivity index (χ1n) is 7.66. The van der Waals surface area contributed by atoms with Crippen molar-refractivity contribution in [2.24, 2.45) is 5.92 Å². The van der Waals surface area contributed by atoms with Crippen molar-refractivity contribution in [1.82, 2.24) is 10.2 Å². The Morgan fingerprint density at radius 3 is 2.85 bits per heavy atom. The fraction of sp³-hybridized carbons (Fsp3) is 0.588. The van der Waals surface area contributed by atoms with Crippen LogP contribution < -0.4 is 5.32 Å². The highest BCUT2D eigenvalue weighted by molar-refractivity contribution is 5.95. The molecule has 1 aliphatic heterocycles. The fourth-order valence-corrected chi connectivity index (χ4v) is 2.89. The Hall–Kier alpha value is -1.35. The third kappa shape index (κ3) is 3.83. The van der Waals surface area contributed by atoms with Gasteiger partial charge in [0.05, 0.1) is 0 Å². The number of aryl methyl sites for hydroxylation is 1. The van der Waals surface area contributed by atoms with E-state index in [1.165, 1.54) is 0 Å². The van der Waals surface area contributed by atoms with Crippen molar-refractivity contribution in [3.05, 3.63) is 35.4 Å². The highest BCUT2D eigenvalue weighted by Gasteiger charge is 2.23. The van der Waals surface area contributed by atoms with Crippen LogP contribution in [0.4, 0.5) is 0 Å². The summed E-state index contributed by atoms with van der Waals surface area (Å²) in [5.41, 5.74) is 1.91. The number of nitrogens with zero attached hydrogens (tertiary/aromatic N) is 1. The lowest BCUT2D eigenvalue weighted by atomic mass is 10.0. The molecule has 0 spiro atoms. The molecule has 1 aliphatic rings. The summed E-state index contributed by atoms with van der Waals surface area (Å²) in [7, 11) is 0. The minimum Gasteiger partial charge on any atom is -0.337 e. The van der Waals surface area contributed by atoms with Crippen LogP contribution in [0.25, 0.3) is 0 Å². The number of benzene rings is 1. The second kappa shape index (κ2) is 6.89. The highest BCUT2D eigenvalue weighted by atomic mass is 16.2. The predicted molar refractivity (Wildman–Crippen MR) is 82.9 cm³/mol. The van der Waals surface area contributed by atoms with Crippen molar-refractivity contribution in [1.29, 1.82) is 0 Å². The maximum Gasteiger partial charge on any atom is 0.254 e. The van der Waals surface area contributed by atoms with E-state index in [0.717, 1.165) is 43.6 Å². The fourth-order valence-electron chi connectivity index (χ4n) is 2.89. The monoisotopic (exact) mass is 274 g/mol. The van der Waals surface area contributed by atoms with E-state index in [9.17, 15) is 4.79 Å². The third-order valence-electron chi connectivity index (χ3n) is 3.90. The summed E-state index contributed by atoms with van der Waals surface area (Å²) < 4.78 is 0. The van der Waals surface area contributed by atoms with Gasteiger partial charge in [-0.05, 0) is 43.9 Å². The van der Waals surface area contributed by atoms with Crippen LogP contribution in [-0.4, -0.2) is 36.5 Å². The van der Waals surface area contributed by atoms with Crippen LogP contribution in [0.5, 0.6) is 0 Å². The SMILES string of the molecule is Cc1ccccc1C(=O)N1CCCNC(CC(C)C)C1. The number of hydrogen-bond donors (Lipinski definition) is 1. The molecule has 110 valence electrons. The highest BCUT2D eigenvalue weighted by Crippen LogP contribution is 2.15. The molecule has 1 saturated heterocycles. The molecule has 0 aliphatic carbocycles. The number of carbonyl (C=O) groups is 1. The largest absolute Gasteiger partial charge is 0.337 e. The van der Waals surface area contributed by atoms with E-state index in [-0.39, 0.29) is 5.91 Å². The maximum atomic E-state index is 12.7. The average molecular weight is 274 g/mol. The van der Waals surface area contributed by atoms with E-state index in [4.69, 9.17) is 0 Å². The van der Waals surface area contributed by atoms with Gasteiger partial charge in [-0.15, -0.1) is 0 Å². The molecule has 0 radical (unpaired) electrons. The lowest BCUT2D eigenvalue weighted by Gasteiger charge is -2.26. The van der Waals surface area contributed by atoms with E-state index in [1.807, 2.05) is 36.1 Å². The van der Waals surface area contributed by atoms with Crippen LogP contribution in [0.15, 0.2) is 24.3 Å². The van der Waals surface area contributed by atoms with Gasteiger partial charge >= 0.3 is 0 Å². The van der Waals surface area contributed by atoms with E-state index in [2.05, 4.69) is 19.2 Å². The molecule has 1 amide bonds. The van der Waals surface area contributed by atoms with Crippen molar-refractivity contribution in [2.45, 2.75) is 39.7 Å². The molecule has 1 N–H and O–H groups in total. The van der Waals surface area contributed by atoms with Crippen LogP contribution in [-0.2, 0) is 0 Å². The first kappa shape index (κ1) is 15.0. The van der Waals surface area contributed by atoms with Gasteiger partial charge in [-0.2, -0.15) is 0 Å². The zero-order valence-corrected chi connectivity index (χ0v) is 12.9. The minimum atomic E-state index is 0.181. The van der Waals surface area contributed by atoms with Crippen molar-refractivity contribution in [2.75, 3.05) is 19.6 Å². The Balaban J connectivity index is 2.10. The van der Waals surface area contributed by atoms with Crippen LogP contribution in [0, 0.1) is 12.8 Å². The number of amides is 1. The van der Waals surface area contributed by atoms with Crippen molar-refractivity contribution in [3.63, 3.8) is 0 Å². The minimum absolute atomic E-state index is 0.181. The van der Waals surface area contributed by atoms with Crippen molar-refractivity contribution in [3.8, 4) is 0 Å². The van der Waals surface area contributed by atoms with Gasteiger partial charge < -0.3 is 10.2 Å². The van der Waals surface area contributed by atoms with E-state index >= 15 is 0 Å². The molecule has 0 bridgehead atoms. The Kier molecular flexibility index (Phi) is 5.18. The lowest BCUT2D eigenvalue weighted by Crippen LogP contribution is -2.41. The Morgan fingerprint density at radius 1 is 1.40 bits per heavy atom. The third-order valence-corrected chi connectivity index (χ3v) is 3.90. The molecule has 0 saturated carbocycles. The van der Waals surface area contributed by atoms with Gasteiger partial charge in [0, 0.05) is 24.7 Å². The summed E-state index contributed by atoms with van der Waals surface area (Å²) >= 11 is 0. The van der Waals surface area contributed by atoms with Crippen molar-refractivity contribution < 1.29 is 4.79 Å². The molecule has 3 heteroatoms. The van der Waals surface area contributed by atoms with Gasteiger partial charge in [0.15, 0.2) is 0 Å². The van der Waals surface area contributed by atoms with Gasteiger partial charge in [-0.3, -0.25) is 4.79 Å². The van der Waals surface area contributed by atoms with Crippen LogP contribution >= 0.6 is 0 Å². The molecular weight excluding hydrogens is 248 g/mol. The Bertz CT molecular complexity index is 456. The molecule has 3 nitrogen and oxygen atoms in total. The summed E-state index contributed by atoms with van der Waals surface area (Å²) in [6.07, 6.45) is 2.16. The number of nitrogens with one attached hydrogen (secondary N) is 1. The number of rotatable bonds is 3. The summed E-state index contributed by atoms with van der Waals surface area (Å²) in [5.74, 6) is 0.835. The van der Waals surface area contributed by atoms with E-state index in [0.29, 0.717) is 12.0 Å². The van der Waals surface area contributed by atoms with E-state index in [1.54, 1.807) is 0 Å². The van der Waals surface area contributed by atoms with E-state index < -0.39 is 0 Å². The van der Waals surface area contributed by atoms with Gasteiger partial charge in [0.2, 0.25) is 0 Å². The molecule has 2 rings (SSSR count). The number of carbonyl (C=O) groups excluding carboxylic acids is 1. The summed E-state index contributed by atoms with van der Waals surface area (Å²) in [4.78, 5) is 14.7. The molecule has 1 aromatic rings. The summed E-state index contributed by atoms with van der Waals surface area (Å²) in [5, 5.41) is 3.57. The molecule has 1 heterocycles. The topological polar surface area (TPSA) is 32.3 Å². The predicted octanol–water partition coefficient (Wildman–Crippen LogP) is 2.85. The summed E-state index contributed by atoms with van der Waals surface area (Å²) in [6, 6.07) is 8.30. The molecule has 0 aromatic heterocycles. The Morgan fingerprint density at radius 2 is 2.15 bits per heavy atom. The molecule has 1 aromatic carbocycles. The van der Waals surface area contributed by atoms with Crippen LogP contribution in [0.1, 0.15) is 42.6 Å². The molecule has 1 fully saturated rings. The molecule has 1 atom stereocenters. The van der Waals surface area contributed by atoms with Crippen LogP contribution in [0.3, 0.4) is 0 Å². The normalized spacial score (nSPS) is 20.0. The van der Waals surface area contributed by atoms with Gasteiger partial charge in [-0.1, -0.05) is 32.0 Å². The molecule has 20 heavy (non-hydrogen) atoms. The molecular formula is C17H26N2O. The standard InChI is InChI=1S/C17H26N2O/c1-13(2)11-15-12-19(10-6-9-18-15)17(20)16-8-5-4-7-14(16)3/h4-5,7-8,13,15,18H,6,9-12H2,1-3H3. The average Bonchev–Trinajstić information content (AvgIpc) is 2.63. The van der Waals surface area contributed by atoms with Crippen molar-refractivity contribution >= 4 is 5.91 Å². The summed E-state index contributed by atoms with van der Waals surface area (Å²) in [6.45, 7) is 9.17. The van der Waals surface area contributed by atoms with Gasteiger partial charge in [0.1, 0.15) is 0 Å². The smallest absolute Gasteiger partial charge is 0.254 e. The van der Waals surface area contributed by atoms with Gasteiger partial charge in [-0.25, -0.2) is 0 Å². The van der Waals surface area contributed by atoms with Crippen LogP contribution in [0.2, 0.25) is 0 Å². The second-order valence-corrected chi connectivity index (χ2v) is 6.20.